The van der Waals surface area contributed by atoms with Crippen molar-refractivity contribution in [2.24, 2.45) is 7.05 Å². The van der Waals surface area contributed by atoms with Crippen molar-refractivity contribution in [3.05, 3.63) is 70.8 Å². The van der Waals surface area contributed by atoms with E-state index in [9.17, 15) is 9.59 Å². The molecule has 3 heterocycles. The zero-order chi connectivity index (χ0) is 20.4. The second-order valence-electron chi connectivity index (χ2n) is 6.60. The van der Waals surface area contributed by atoms with Gasteiger partial charge in [-0.3, -0.25) is 19.1 Å². The van der Waals surface area contributed by atoms with Gasteiger partial charge in [0.25, 0.3) is 5.56 Å². The van der Waals surface area contributed by atoms with E-state index in [1.807, 2.05) is 42.5 Å². The standard InChI is InChI=1S/C21H19N5O2S/c1-13(27)24-16-7-3-6-15(9-16)18-10-17-19(29-18)20(28)26(2)21(25-17)23-12-14-5-4-8-22-11-14/h3-11H,12H2,1-2H3,(H,23,25)(H,24,27). The van der Waals surface area contributed by atoms with Gasteiger partial charge in [-0.1, -0.05) is 18.2 Å². The molecule has 2 N–H and O–H groups in total. The largest absolute Gasteiger partial charge is 0.351 e. The number of pyridine rings is 1. The third-order valence-electron chi connectivity index (χ3n) is 4.40. The van der Waals surface area contributed by atoms with Crippen LogP contribution in [0.1, 0.15) is 12.5 Å². The number of hydrogen-bond acceptors (Lipinski definition) is 6. The van der Waals surface area contributed by atoms with Crippen molar-refractivity contribution in [3.63, 3.8) is 0 Å². The van der Waals surface area contributed by atoms with Gasteiger partial charge in [-0.15, -0.1) is 11.3 Å². The second-order valence-corrected chi connectivity index (χ2v) is 7.65. The molecule has 0 radical (unpaired) electrons. The number of nitrogens with zero attached hydrogens (tertiary/aromatic N) is 3. The molecule has 0 spiro atoms. The second kappa shape index (κ2) is 7.84. The number of fused-ring (bicyclic) bond motifs is 1. The van der Waals surface area contributed by atoms with Gasteiger partial charge in [-0.05, 0) is 35.4 Å². The fraction of sp³-hybridized carbons (Fsp3) is 0.143. The van der Waals surface area contributed by atoms with Gasteiger partial charge in [0, 0.05) is 43.5 Å². The quantitative estimate of drug-likeness (QED) is 0.529. The molecule has 1 amide bonds. The van der Waals surface area contributed by atoms with Crippen molar-refractivity contribution < 1.29 is 4.79 Å². The lowest BCUT2D eigenvalue weighted by Gasteiger charge is -2.09. The predicted molar refractivity (Wildman–Crippen MR) is 116 cm³/mol. The number of carbonyl (C=O) groups is 1. The smallest absolute Gasteiger partial charge is 0.272 e. The third kappa shape index (κ3) is 4.02. The molecule has 4 aromatic rings. The summed E-state index contributed by atoms with van der Waals surface area (Å²) >= 11 is 1.40. The molecule has 8 heteroatoms. The summed E-state index contributed by atoms with van der Waals surface area (Å²) in [4.78, 5) is 33.8. The van der Waals surface area contributed by atoms with Crippen LogP contribution < -0.4 is 16.2 Å². The molecule has 0 atom stereocenters. The molecule has 1 aromatic carbocycles. The fourth-order valence-electron chi connectivity index (χ4n) is 2.99. The van der Waals surface area contributed by atoms with Crippen molar-refractivity contribution in [2.75, 3.05) is 10.6 Å². The molecule has 0 fully saturated rings. The highest BCUT2D eigenvalue weighted by molar-refractivity contribution is 7.22. The molecule has 4 rings (SSSR count). The number of rotatable bonds is 5. The van der Waals surface area contributed by atoms with E-state index in [4.69, 9.17) is 0 Å². The summed E-state index contributed by atoms with van der Waals surface area (Å²) in [5.74, 6) is 0.376. The highest BCUT2D eigenvalue weighted by atomic mass is 32.1. The number of benzene rings is 1. The Bertz CT molecular complexity index is 1250. The normalized spacial score (nSPS) is 10.8. The number of nitrogens with one attached hydrogen (secondary N) is 2. The van der Waals surface area contributed by atoms with Crippen LogP contribution >= 0.6 is 11.3 Å². The lowest BCUT2D eigenvalue weighted by molar-refractivity contribution is -0.114. The van der Waals surface area contributed by atoms with Crippen LogP contribution in [0, 0.1) is 0 Å². The summed E-state index contributed by atoms with van der Waals surface area (Å²) in [6, 6.07) is 13.3. The van der Waals surface area contributed by atoms with E-state index in [2.05, 4.69) is 20.6 Å². The third-order valence-corrected chi connectivity index (χ3v) is 5.56. The molecular formula is C21H19N5O2S. The monoisotopic (exact) mass is 405 g/mol. The molecule has 0 aliphatic carbocycles. The van der Waals surface area contributed by atoms with Gasteiger partial charge in [0.1, 0.15) is 4.70 Å². The number of thiophene rings is 1. The molecule has 0 bridgehead atoms. The number of hydrogen-bond donors (Lipinski definition) is 2. The van der Waals surface area contributed by atoms with Crippen LogP contribution in [0.15, 0.2) is 59.7 Å². The van der Waals surface area contributed by atoms with E-state index in [0.29, 0.717) is 28.4 Å². The van der Waals surface area contributed by atoms with Gasteiger partial charge in [-0.25, -0.2) is 4.98 Å². The van der Waals surface area contributed by atoms with E-state index in [0.717, 1.165) is 16.0 Å². The Morgan fingerprint density at radius 3 is 2.83 bits per heavy atom. The molecule has 0 saturated heterocycles. The lowest BCUT2D eigenvalue weighted by atomic mass is 10.1. The van der Waals surface area contributed by atoms with Crippen molar-refractivity contribution in [3.8, 4) is 10.4 Å². The summed E-state index contributed by atoms with van der Waals surface area (Å²) in [7, 11) is 1.71. The Morgan fingerprint density at radius 1 is 1.21 bits per heavy atom. The number of aromatic nitrogens is 3. The maximum absolute atomic E-state index is 12.8. The summed E-state index contributed by atoms with van der Waals surface area (Å²) in [5, 5.41) is 5.99. The first-order chi connectivity index (χ1) is 14.0. The lowest BCUT2D eigenvalue weighted by Crippen LogP contribution is -2.21. The van der Waals surface area contributed by atoms with Crippen LogP contribution in [-0.4, -0.2) is 20.4 Å². The molecule has 7 nitrogen and oxygen atoms in total. The Kier molecular flexibility index (Phi) is 5.09. The van der Waals surface area contributed by atoms with Gasteiger partial charge in [0.05, 0.1) is 5.52 Å². The highest BCUT2D eigenvalue weighted by Crippen LogP contribution is 2.32. The summed E-state index contributed by atoms with van der Waals surface area (Å²) in [6.45, 7) is 2.00. The van der Waals surface area contributed by atoms with Gasteiger partial charge in [0.2, 0.25) is 11.9 Å². The van der Waals surface area contributed by atoms with Crippen molar-refractivity contribution in [1.82, 2.24) is 14.5 Å². The molecule has 0 saturated carbocycles. The minimum absolute atomic E-state index is 0.0991. The van der Waals surface area contributed by atoms with Crippen LogP contribution in [0.5, 0.6) is 0 Å². The van der Waals surface area contributed by atoms with Crippen LogP contribution in [-0.2, 0) is 18.4 Å². The summed E-state index contributed by atoms with van der Waals surface area (Å²) in [6.07, 6.45) is 3.49. The van der Waals surface area contributed by atoms with E-state index >= 15 is 0 Å². The minimum Gasteiger partial charge on any atom is -0.351 e. The number of anilines is 2. The van der Waals surface area contributed by atoms with E-state index < -0.39 is 0 Å². The molecule has 0 aliphatic rings. The van der Waals surface area contributed by atoms with E-state index in [-0.39, 0.29) is 11.5 Å². The predicted octanol–water partition coefficient (Wildman–Crippen LogP) is 3.63. The zero-order valence-corrected chi connectivity index (χ0v) is 16.8. The van der Waals surface area contributed by atoms with Crippen LogP contribution in [0.2, 0.25) is 0 Å². The Hall–Kier alpha value is -3.52. The Balaban J connectivity index is 1.68. The van der Waals surface area contributed by atoms with Gasteiger partial charge < -0.3 is 10.6 Å². The van der Waals surface area contributed by atoms with Crippen molar-refractivity contribution >= 4 is 39.1 Å². The first kappa shape index (κ1) is 18.8. The molecular weight excluding hydrogens is 386 g/mol. The average molecular weight is 405 g/mol. The molecule has 3 aromatic heterocycles. The average Bonchev–Trinajstić information content (AvgIpc) is 3.14. The first-order valence-corrected chi connectivity index (χ1v) is 9.84. The first-order valence-electron chi connectivity index (χ1n) is 9.02. The Morgan fingerprint density at radius 2 is 2.07 bits per heavy atom. The topological polar surface area (TPSA) is 88.9 Å². The highest BCUT2D eigenvalue weighted by Gasteiger charge is 2.13. The maximum atomic E-state index is 12.8. The molecule has 0 unspecified atom stereocenters. The zero-order valence-electron chi connectivity index (χ0n) is 16.0. The van der Waals surface area contributed by atoms with Crippen LogP contribution in [0.25, 0.3) is 20.7 Å². The van der Waals surface area contributed by atoms with Gasteiger partial charge >= 0.3 is 0 Å². The summed E-state index contributed by atoms with van der Waals surface area (Å²) < 4.78 is 2.12. The molecule has 29 heavy (non-hydrogen) atoms. The Labute approximate surface area is 171 Å². The van der Waals surface area contributed by atoms with E-state index in [1.54, 1.807) is 19.4 Å². The van der Waals surface area contributed by atoms with Gasteiger partial charge in [-0.2, -0.15) is 0 Å². The molecule has 0 aliphatic heterocycles. The van der Waals surface area contributed by atoms with Crippen LogP contribution in [0.3, 0.4) is 0 Å². The SMILES string of the molecule is CC(=O)Nc1cccc(-c2cc3nc(NCc4cccnc4)n(C)c(=O)c3s2)c1. The maximum Gasteiger partial charge on any atom is 0.272 e. The number of amides is 1. The van der Waals surface area contributed by atoms with Crippen molar-refractivity contribution in [1.29, 1.82) is 0 Å². The molecule has 146 valence electrons. The number of carbonyl (C=O) groups excluding carboxylic acids is 1. The summed E-state index contributed by atoms with van der Waals surface area (Å²) in [5.41, 5.74) is 3.19. The van der Waals surface area contributed by atoms with Gasteiger partial charge in [0.15, 0.2) is 0 Å². The fourth-order valence-corrected chi connectivity index (χ4v) is 4.06. The van der Waals surface area contributed by atoms with E-state index in [1.165, 1.54) is 22.8 Å². The van der Waals surface area contributed by atoms with Crippen LogP contribution in [0.4, 0.5) is 11.6 Å². The van der Waals surface area contributed by atoms with Crippen molar-refractivity contribution in [2.45, 2.75) is 13.5 Å². The minimum atomic E-state index is -0.127.